The van der Waals surface area contributed by atoms with Gasteiger partial charge in [0.2, 0.25) is 11.8 Å². The van der Waals surface area contributed by atoms with Gasteiger partial charge in [-0.1, -0.05) is 32.0 Å². The Kier molecular flexibility index (Phi) is 8.43. The monoisotopic (exact) mass is 466 g/mol. The molecular weight excluding hydrogens is 424 g/mol. The number of nitrogens with zero attached hydrogens (tertiary/aromatic N) is 3. The van der Waals surface area contributed by atoms with Crippen molar-refractivity contribution < 1.29 is 9.21 Å². The maximum absolute atomic E-state index is 12.7. The minimum Gasteiger partial charge on any atom is -0.441 e. The lowest BCUT2D eigenvalue weighted by Crippen LogP contribution is -2.42. The van der Waals surface area contributed by atoms with Gasteiger partial charge in [0, 0.05) is 37.7 Å². The van der Waals surface area contributed by atoms with E-state index in [1.165, 1.54) is 25.1 Å². The highest BCUT2D eigenvalue weighted by Crippen LogP contribution is 2.26. The van der Waals surface area contributed by atoms with Crippen molar-refractivity contribution >= 4 is 5.91 Å². The van der Waals surface area contributed by atoms with Crippen LogP contribution in [0.2, 0.25) is 0 Å². The van der Waals surface area contributed by atoms with Crippen molar-refractivity contribution in [1.29, 1.82) is 0 Å². The Bertz CT molecular complexity index is 938. The fourth-order valence-electron chi connectivity index (χ4n) is 5.70. The van der Waals surface area contributed by atoms with Crippen LogP contribution in [0, 0.1) is 31.6 Å². The average Bonchev–Trinajstić information content (AvgIpc) is 3.16. The van der Waals surface area contributed by atoms with Crippen LogP contribution in [-0.2, 0) is 11.3 Å². The number of likely N-dealkylation sites (tertiary alicyclic amines) is 2. The topological polar surface area (TPSA) is 61.6 Å². The number of carbonyl (C=O) groups excluding carboxylic acids is 1. The third kappa shape index (κ3) is 6.48. The Balaban J connectivity index is 1.18. The molecule has 1 N–H and O–H groups in total. The van der Waals surface area contributed by atoms with Crippen molar-refractivity contribution in [1.82, 2.24) is 20.1 Å². The molecular formula is C28H42N4O2. The van der Waals surface area contributed by atoms with Gasteiger partial charge < -0.3 is 14.6 Å². The fourth-order valence-corrected chi connectivity index (χ4v) is 5.70. The third-order valence-electron chi connectivity index (χ3n) is 7.49. The van der Waals surface area contributed by atoms with Gasteiger partial charge in [-0.25, -0.2) is 4.98 Å². The van der Waals surface area contributed by atoms with E-state index in [1.54, 1.807) is 0 Å². The van der Waals surface area contributed by atoms with Crippen LogP contribution in [0.1, 0.15) is 56.5 Å². The zero-order valence-corrected chi connectivity index (χ0v) is 21.5. The van der Waals surface area contributed by atoms with E-state index in [-0.39, 0.29) is 11.8 Å². The average molecular weight is 467 g/mol. The molecule has 1 amide bonds. The number of carbonyl (C=O) groups is 1. The predicted octanol–water partition coefficient (Wildman–Crippen LogP) is 4.65. The van der Waals surface area contributed by atoms with Crippen LogP contribution in [0.5, 0.6) is 0 Å². The SMILES string of the molecule is Cc1ccccc1-c1nc(CN2CCC(C(=O)NCCCN3C[C@H](C)C[C@H](C)C3)CC2)c(C)o1. The van der Waals surface area contributed by atoms with E-state index in [2.05, 4.69) is 48.0 Å². The van der Waals surface area contributed by atoms with Crippen LogP contribution in [0.3, 0.4) is 0 Å². The van der Waals surface area contributed by atoms with Crippen molar-refractivity contribution in [3.05, 3.63) is 41.3 Å². The molecule has 2 aliphatic rings. The second-order valence-electron chi connectivity index (χ2n) is 10.7. The van der Waals surface area contributed by atoms with Gasteiger partial charge in [0.15, 0.2) is 0 Å². The molecule has 1 aromatic heterocycles. The van der Waals surface area contributed by atoms with E-state index in [4.69, 9.17) is 9.40 Å². The number of rotatable bonds is 8. The second-order valence-corrected chi connectivity index (χ2v) is 10.7. The van der Waals surface area contributed by atoms with Gasteiger partial charge >= 0.3 is 0 Å². The smallest absolute Gasteiger partial charge is 0.226 e. The Morgan fingerprint density at radius 2 is 1.79 bits per heavy atom. The summed E-state index contributed by atoms with van der Waals surface area (Å²) in [5, 5.41) is 3.20. The first-order valence-corrected chi connectivity index (χ1v) is 13.1. The summed E-state index contributed by atoms with van der Waals surface area (Å²) < 4.78 is 5.99. The Morgan fingerprint density at radius 3 is 2.50 bits per heavy atom. The van der Waals surface area contributed by atoms with Gasteiger partial charge in [0.05, 0.1) is 5.69 Å². The molecule has 6 nitrogen and oxygen atoms in total. The van der Waals surface area contributed by atoms with Crippen LogP contribution in [0.25, 0.3) is 11.5 Å². The summed E-state index contributed by atoms with van der Waals surface area (Å²) in [6.07, 6.45) is 4.21. The summed E-state index contributed by atoms with van der Waals surface area (Å²) in [7, 11) is 0. The third-order valence-corrected chi connectivity index (χ3v) is 7.49. The number of amides is 1. The molecule has 3 heterocycles. The minimum absolute atomic E-state index is 0.132. The zero-order chi connectivity index (χ0) is 24.1. The fraction of sp³-hybridized carbons (Fsp3) is 0.643. The van der Waals surface area contributed by atoms with Crippen molar-refractivity contribution in [2.45, 2.75) is 59.9 Å². The summed E-state index contributed by atoms with van der Waals surface area (Å²) in [5.74, 6) is 3.54. The van der Waals surface area contributed by atoms with Crippen molar-refractivity contribution in [2.24, 2.45) is 17.8 Å². The molecule has 2 aliphatic heterocycles. The molecule has 2 atom stereocenters. The summed E-state index contributed by atoms with van der Waals surface area (Å²) in [6.45, 7) is 15.7. The molecule has 0 aliphatic carbocycles. The molecule has 6 heteroatoms. The zero-order valence-electron chi connectivity index (χ0n) is 21.5. The van der Waals surface area contributed by atoms with Crippen molar-refractivity contribution in [3.63, 3.8) is 0 Å². The number of hydrogen-bond acceptors (Lipinski definition) is 5. The molecule has 1 aromatic carbocycles. The quantitative estimate of drug-likeness (QED) is 0.574. The maximum atomic E-state index is 12.7. The Labute approximate surface area is 205 Å². The summed E-state index contributed by atoms with van der Waals surface area (Å²) in [5.41, 5.74) is 3.22. The first kappa shape index (κ1) is 24.9. The van der Waals surface area contributed by atoms with E-state index in [0.717, 1.165) is 80.8 Å². The number of aryl methyl sites for hydroxylation is 2. The lowest BCUT2D eigenvalue weighted by molar-refractivity contribution is -0.126. The molecule has 0 unspecified atom stereocenters. The number of oxazole rings is 1. The summed E-state index contributed by atoms with van der Waals surface area (Å²) in [6, 6.07) is 8.19. The normalized spacial score (nSPS) is 22.7. The van der Waals surface area contributed by atoms with Crippen LogP contribution < -0.4 is 5.32 Å². The highest BCUT2D eigenvalue weighted by molar-refractivity contribution is 5.78. The number of piperidine rings is 2. The molecule has 2 aromatic rings. The van der Waals surface area contributed by atoms with Crippen LogP contribution in [0.15, 0.2) is 28.7 Å². The Hall–Kier alpha value is -2.18. The van der Waals surface area contributed by atoms with E-state index in [9.17, 15) is 4.79 Å². The first-order valence-electron chi connectivity index (χ1n) is 13.1. The summed E-state index contributed by atoms with van der Waals surface area (Å²) in [4.78, 5) is 22.5. The Morgan fingerprint density at radius 1 is 1.09 bits per heavy atom. The number of aromatic nitrogens is 1. The molecule has 0 spiro atoms. The standard InChI is InChI=1S/C28H42N4O2/c1-20-16-21(2)18-32(17-20)13-7-12-29-27(33)24-10-14-31(15-11-24)19-26-23(4)34-28(30-26)25-9-6-5-8-22(25)3/h5-6,8-9,20-21,24H,7,10-19H2,1-4H3,(H,29,33)/t20-,21+. The molecule has 0 saturated carbocycles. The first-order chi connectivity index (χ1) is 16.4. The minimum atomic E-state index is 0.132. The highest BCUT2D eigenvalue weighted by atomic mass is 16.4. The van der Waals surface area contributed by atoms with E-state index in [1.807, 2.05) is 19.1 Å². The lowest BCUT2D eigenvalue weighted by Gasteiger charge is -2.35. The van der Waals surface area contributed by atoms with Gasteiger partial charge in [-0.3, -0.25) is 9.69 Å². The number of nitrogens with one attached hydrogen (secondary N) is 1. The molecule has 34 heavy (non-hydrogen) atoms. The number of hydrogen-bond donors (Lipinski definition) is 1. The summed E-state index contributed by atoms with van der Waals surface area (Å²) >= 11 is 0. The van der Waals surface area contributed by atoms with Crippen LogP contribution in [0.4, 0.5) is 0 Å². The largest absolute Gasteiger partial charge is 0.441 e. The molecule has 2 saturated heterocycles. The maximum Gasteiger partial charge on any atom is 0.226 e. The van der Waals surface area contributed by atoms with E-state index < -0.39 is 0 Å². The molecule has 0 radical (unpaired) electrons. The molecule has 4 rings (SSSR count). The van der Waals surface area contributed by atoms with E-state index >= 15 is 0 Å². The van der Waals surface area contributed by atoms with Crippen molar-refractivity contribution in [3.8, 4) is 11.5 Å². The van der Waals surface area contributed by atoms with Gasteiger partial charge in [0.1, 0.15) is 5.76 Å². The molecule has 2 fully saturated rings. The molecule has 0 bridgehead atoms. The highest BCUT2D eigenvalue weighted by Gasteiger charge is 2.26. The van der Waals surface area contributed by atoms with Crippen LogP contribution in [-0.4, -0.2) is 60.0 Å². The molecule has 186 valence electrons. The van der Waals surface area contributed by atoms with Crippen LogP contribution >= 0.6 is 0 Å². The van der Waals surface area contributed by atoms with E-state index in [0.29, 0.717) is 5.89 Å². The van der Waals surface area contributed by atoms with Crippen molar-refractivity contribution in [2.75, 3.05) is 39.3 Å². The van der Waals surface area contributed by atoms with Gasteiger partial charge in [-0.15, -0.1) is 0 Å². The number of benzene rings is 1. The lowest BCUT2D eigenvalue weighted by atomic mass is 9.92. The predicted molar refractivity (Wildman–Crippen MR) is 136 cm³/mol. The second kappa shape index (κ2) is 11.5. The van der Waals surface area contributed by atoms with Gasteiger partial charge in [-0.2, -0.15) is 0 Å². The van der Waals surface area contributed by atoms with Gasteiger partial charge in [-0.05, 0) is 82.6 Å². The van der Waals surface area contributed by atoms with Gasteiger partial charge in [0.25, 0.3) is 0 Å².